The molecular weight excluding hydrogens is 134 g/mol. The average Bonchev–Trinajstić information content (AvgIpc) is 1.89. The molecule has 2 radical (unpaired) electrons. The predicted molar refractivity (Wildman–Crippen MR) is 35.4 cm³/mol. The SMILES string of the molecule is [CH2]CNC(=O)N/[C]=N/C=O. The molecule has 54 valence electrons. The van der Waals surface area contributed by atoms with Crippen LogP contribution in [0.5, 0.6) is 0 Å². The van der Waals surface area contributed by atoms with Crippen molar-refractivity contribution in [1.82, 2.24) is 10.6 Å². The Balaban J connectivity index is 3.38. The first-order chi connectivity index (χ1) is 4.81. The molecule has 0 atom stereocenters. The van der Waals surface area contributed by atoms with Crippen molar-refractivity contribution in [1.29, 1.82) is 0 Å². The second-order valence-corrected chi connectivity index (χ2v) is 1.23. The summed E-state index contributed by atoms with van der Waals surface area (Å²) in [7, 11) is 0. The molecule has 5 nitrogen and oxygen atoms in total. The number of hydrogen-bond donors (Lipinski definition) is 2. The van der Waals surface area contributed by atoms with Gasteiger partial charge in [0.1, 0.15) is 0 Å². The summed E-state index contributed by atoms with van der Waals surface area (Å²) in [6, 6.07) is -0.486. The Morgan fingerprint density at radius 3 is 3.00 bits per heavy atom. The number of amides is 3. The predicted octanol–water partition coefficient (Wildman–Crippen LogP) is -0.819. The van der Waals surface area contributed by atoms with Gasteiger partial charge >= 0.3 is 6.03 Å². The van der Waals surface area contributed by atoms with Crippen molar-refractivity contribution >= 4 is 18.8 Å². The van der Waals surface area contributed by atoms with E-state index in [1.165, 1.54) is 0 Å². The highest BCUT2D eigenvalue weighted by molar-refractivity contribution is 5.87. The van der Waals surface area contributed by atoms with Crippen LogP contribution in [0.15, 0.2) is 4.99 Å². The first-order valence-corrected chi connectivity index (χ1v) is 2.53. The Kier molecular flexibility index (Phi) is 4.94. The zero-order valence-electron chi connectivity index (χ0n) is 5.26. The van der Waals surface area contributed by atoms with Crippen LogP contribution >= 0.6 is 0 Å². The molecule has 0 rings (SSSR count). The second kappa shape index (κ2) is 5.74. The van der Waals surface area contributed by atoms with Gasteiger partial charge < -0.3 is 5.32 Å². The highest BCUT2D eigenvalue weighted by atomic mass is 16.2. The van der Waals surface area contributed by atoms with Gasteiger partial charge in [0.2, 0.25) is 6.41 Å². The molecule has 0 aromatic rings. The van der Waals surface area contributed by atoms with Crippen LogP contribution in [-0.2, 0) is 4.79 Å². The van der Waals surface area contributed by atoms with E-state index in [1.54, 1.807) is 0 Å². The van der Waals surface area contributed by atoms with Gasteiger partial charge in [0.05, 0.1) is 0 Å². The van der Waals surface area contributed by atoms with Crippen LogP contribution < -0.4 is 10.6 Å². The van der Waals surface area contributed by atoms with Crippen LogP contribution in [0.1, 0.15) is 0 Å². The van der Waals surface area contributed by atoms with Crippen molar-refractivity contribution < 1.29 is 9.59 Å². The number of carbonyl (C=O) groups is 2. The summed E-state index contributed by atoms with van der Waals surface area (Å²) >= 11 is 0. The van der Waals surface area contributed by atoms with Gasteiger partial charge in [-0.15, -0.1) is 0 Å². The minimum atomic E-state index is -0.486. The standard InChI is InChI=1S/C5H7N3O2/c1-2-7-5(10)8-3-6-4-9/h4H,1-2H2,(H2,6,7,8,9,10). The van der Waals surface area contributed by atoms with Gasteiger partial charge in [0.25, 0.3) is 0 Å². The van der Waals surface area contributed by atoms with E-state index >= 15 is 0 Å². The number of rotatable bonds is 3. The largest absolute Gasteiger partial charge is 0.338 e. The van der Waals surface area contributed by atoms with Gasteiger partial charge in [-0.25, -0.2) is 4.79 Å². The number of nitrogens with zero attached hydrogens (tertiary/aromatic N) is 1. The molecule has 10 heavy (non-hydrogen) atoms. The Morgan fingerprint density at radius 1 is 1.80 bits per heavy atom. The van der Waals surface area contributed by atoms with Gasteiger partial charge in [-0.2, -0.15) is 4.99 Å². The van der Waals surface area contributed by atoms with Crippen molar-refractivity contribution in [3.05, 3.63) is 6.92 Å². The fourth-order valence-corrected chi connectivity index (χ4v) is 0.267. The normalized spacial score (nSPS) is 9.30. The summed E-state index contributed by atoms with van der Waals surface area (Å²) in [6.45, 7) is 3.63. The van der Waals surface area contributed by atoms with Crippen LogP contribution in [0.3, 0.4) is 0 Å². The number of urea groups is 1. The summed E-state index contributed by atoms with van der Waals surface area (Å²) in [4.78, 5) is 22.9. The van der Waals surface area contributed by atoms with E-state index < -0.39 is 6.03 Å². The smallest absolute Gasteiger partial charge is 0.320 e. The van der Waals surface area contributed by atoms with E-state index in [0.29, 0.717) is 0 Å². The molecule has 0 aromatic carbocycles. The molecule has 2 N–H and O–H groups in total. The van der Waals surface area contributed by atoms with Crippen LogP contribution in [0.2, 0.25) is 0 Å². The molecule has 3 amide bonds. The quantitative estimate of drug-likeness (QED) is 0.233. The van der Waals surface area contributed by atoms with Crippen molar-refractivity contribution in [2.45, 2.75) is 0 Å². The zero-order chi connectivity index (χ0) is 7.82. The van der Waals surface area contributed by atoms with Crippen molar-refractivity contribution in [3.8, 4) is 0 Å². The van der Waals surface area contributed by atoms with E-state index in [9.17, 15) is 9.59 Å². The molecule has 0 aliphatic rings. The van der Waals surface area contributed by atoms with E-state index in [2.05, 4.69) is 17.2 Å². The zero-order valence-corrected chi connectivity index (χ0v) is 5.26. The fourth-order valence-electron chi connectivity index (χ4n) is 0.267. The first kappa shape index (κ1) is 8.61. The van der Waals surface area contributed by atoms with Gasteiger partial charge in [0.15, 0.2) is 6.34 Å². The molecule has 0 aromatic heterocycles. The maximum absolute atomic E-state index is 10.4. The van der Waals surface area contributed by atoms with Crippen molar-refractivity contribution in [3.63, 3.8) is 0 Å². The third kappa shape index (κ3) is 4.76. The Morgan fingerprint density at radius 2 is 2.50 bits per heavy atom. The molecule has 0 heterocycles. The maximum Gasteiger partial charge on any atom is 0.320 e. The summed E-state index contributed by atoms with van der Waals surface area (Å²) in [5, 5.41) is 4.35. The van der Waals surface area contributed by atoms with E-state index in [4.69, 9.17) is 0 Å². The number of carbonyl (C=O) groups excluding carboxylic acids is 2. The minimum absolute atomic E-state index is 0.268. The van der Waals surface area contributed by atoms with E-state index in [-0.39, 0.29) is 13.0 Å². The third-order valence-corrected chi connectivity index (χ3v) is 0.572. The third-order valence-electron chi connectivity index (χ3n) is 0.572. The summed E-state index contributed by atoms with van der Waals surface area (Å²) in [5.74, 6) is 0. The van der Waals surface area contributed by atoms with Crippen molar-refractivity contribution in [2.75, 3.05) is 6.54 Å². The maximum atomic E-state index is 10.4. The lowest BCUT2D eigenvalue weighted by Crippen LogP contribution is -2.34. The molecule has 0 saturated heterocycles. The summed E-state index contributed by atoms with van der Waals surface area (Å²) in [5.41, 5.74) is 0. The van der Waals surface area contributed by atoms with E-state index in [1.807, 2.05) is 11.7 Å². The number of nitrogens with one attached hydrogen (secondary N) is 2. The highest BCUT2D eigenvalue weighted by Gasteiger charge is 1.91. The molecule has 0 bridgehead atoms. The van der Waals surface area contributed by atoms with Crippen LogP contribution in [0.4, 0.5) is 4.79 Å². The lowest BCUT2D eigenvalue weighted by atomic mass is 10.7. The lowest BCUT2D eigenvalue weighted by Gasteiger charge is -1.96. The molecule has 0 aliphatic carbocycles. The Hall–Kier alpha value is -1.39. The average molecular weight is 141 g/mol. The van der Waals surface area contributed by atoms with Gasteiger partial charge in [-0.3, -0.25) is 10.1 Å². The van der Waals surface area contributed by atoms with Gasteiger partial charge in [-0.05, 0) is 6.92 Å². The highest BCUT2D eigenvalue weighted by Crippen LogP contribution is 1.59. The molecule has 0 saturated carbocycles. The van der Waals surface area contributed by atoms with Crippen LogP contribution in [0, 0.1) is 6.92 Å². The van der Waals surface area contributed by atoms with Crippen molar-refractivity contribution in [2.24, 2.45) is 4.99 Å². The summed E-state index contributed by atoms with van der Waals surface area (Å²) < 4.78 is 0. The van der Waals surface area contributed by atoms with Crippen LogP contribution in [-0.4, -0.2) is 25.3 Å². The number of aliphatic imine (C=N–C) groups is 1. The fraction of sp³-hybridized carbons (Fsp3) is 0.200. The van der Waals surface area contributed by atoms with Gasteiger partial charge in [0, 0.05) is 6.54 Å². The Bertz CT molecular complexity index is 144. The summed E-state index contributed by atoms with van der Waals surface area (Å²) in [6.07, 6.45) is 2.26. The van der Waals surface area contributed by atoms with Crippen LogP contribution in [0.25, 0.3) is 0 Å². The number of hydrogen-bond acceptors (Lipinski definition) is 2. The molecule has 0 fully saturated rings. The molecule has 5 heteroatoms. The van der Waals surface area contributed by atoms with E-state index in [0.717, 1.165) is 0 Å². The topological polar surface area (TPSA) is 70.6 Å². The molecular formula is C5H7N3O2. The molecule has 0 unspecified atom stereocenters. The minimum Gasteiger partial charge on any atom is -0.338 e. The molecule has 0 aliphatic heterocycles. The molecule has 0 spiro atoms. The second-order valence-electron chi connectivity index (χ2n) is 1.23. The monoisotopic (exact) mass is 141 g/mol. The lowest BCUT2D eigenvalue weighted by molar-refractivity contribution is -0.106. The Labute approximate surface area is 58.5 Å². The first-order valence-electron chi connectivity index (χ1n) is 2.53. The van der Waals surface area contributed by atoms with Gasteiger partial charge in [-0.1, -0.05) is 0 Å².